The fourth-order valence-electron chi connectivity index (χ4n) is 3.66. The molecule has 38 heavy (non-hydrogen) atoms. The Morgan fingerprint density at radius 2 is 1.63 bits per heavy atom. The number of esters is 1. The van der Waals surface area contributed by atoms with Crippen LogP contribution in [0.15, 0.2) is 60.7 Å². The molecule has 0 saturated heterocycles. The molecule has 4 rings (SSSR count). The summed E-state index contributed by atoms with van der Waals surface area (Å²) in [5.41, 5.74) is -1.07. The van der Waals surface area contributed by atoms with E-state index < -0.39 is 42.0 Å². The number of hydrogen-bond acceptors (Lipinski definition) is 6. The number of imide groups is 1. The number of nitrogens with zero attached hydrogens (tertiary/aromatic N) is 1. The molecule has 0 fully saturated rings. The van der Waals surface area contributed by atoms with Crippen molar-refractivity contribution in [3.8, 4) is 5.75 Å². The Morgan fingerprint density at radius 3 is 2.29 bits per heavy atom. The Balaban J connectivity index is 1.43. The second kappa shape index (κ2) is 10.5. The van der Waals surface area contributed by atoms with Gasteiger partial charge in [-0.1, -0.05) is 11.6 Å². The van der Waals surface area contributed by atoms with Crippen LogP contribution in [0.5, 0.6) is 5.75 Å². The van der Waals surface area contributed by atoms with Crippen LogP contribution in [-0.2, 0) is 15.7 Å². The lowest BCUT2D eigenvalue weighted by Gasteiger charge is -2.14. The fraction of sp³-hybridized carbons (Fsp3) is 0.154. The number of benzene rings is 3. The zero-order chi connectivity index (χ0) is 27.6. The van der Waals surface area contributed by atoms with Gasteiger partial charge in [0, 0.05) is 0 Å². The summed E-state index contributed by atoms with van der Waals surface area (Å²) in [6.45, 7) is 1.43. The second-order valence-electron chi connectivity index (χ2n) is 7.95. The van der Waals surface area contributed by atoms with Crippen molar-refractivity contribution in [2.45, 2.75) is 13.1 Å². The van der Waals surface area contributed by atoms with E-state index in [0.717, 1.165) is 17.0 Å². The highest BCUT2D eigenvalue weighted by molar-refractivity contribution is 6.35. The highest BCUT2D eigenvalue weighted by Gasteiger charge is 2.37. The van der Waals surface area contributed by atoms with E-state index in [0.29, 0.717) is 24.1 Å². The van der Waals surface area contributed by atoms with Crippen molar-refractivity contribution in [2.24, 2.45) is 0 Å². The van der Waals surface area contributed by atoms with E-state index in [9.17, 15) is 32.3 Å². The van der Waals surface area contributed by atoms with Crippen LogP contribution in [0.25, 0.3) is 0 Å². The van der Waals surface area contributed by atoms with Gasteiger partial charge in [0.15, 0.2) is 6.61 Å². The molecule has 3 aromatic carbocycles. The topological polar surface area (TPSA) is 102 Å². The summed E-state index contributed by atoms with van der Waals surface area (Å²) in [5, 5.41) is 2.02. The largest absolute Gasteiger partial charge is 0.494 e. The van der Waals surface area contributed by atoms with Crippen molar-refractivity contribution in [1.29, 1.82) is 0 Å². The number of hydrogen-bond donors (Lipinski definition) is 1. The van der Waals surface area contributed by atoms with Crippen LogP contribution in [0.1, 0.15) is 43.6 Å². The minimum atomic E-state index is -4.65. The van der Waals surface area contributed by atoms with Crippen LogP contribution in [0, 0.1) is 0 Å². The molecule has 12 heteroatoms. The molecule has 3 aromatic rings. The van der Waals surface area contributed by atoms with E-state index in [-0.39, 0.29) is 27.4 Å². The van der Waals surface area contributed by atoms with Crippen LogP contribution >= 0.6 is 11.6 Å². The first kappa shape index (κ1) is 26.7. The van der Waals surface area contributed by atoms with E-state index in [1.165, 1.54) is 18.2 Å². The van der Waals surface area contributed by atoms with Crippen molar-refractivity contribution in [1.82, 2.24) is 0 Å². The number of amides is 3. The predicted molar refractivity (Wildman–Crippen MR) is 131 cm³/mol. The Kier molecular flexibility index (Phi) is 7.40. The van der Waals surface area contributed by atoms with Gasteiger partial charge in [0.1, 0.15) is 5.75 Å². The van der Waals surface area contributed by atoms with Gasteiger partial charge in [-0.15, -0.1) is 0 Å². The Labute approximate surface area is 218 Å². The van der Waals surface area contributed by atoms with Gasteiger partial charge in [0.2, 0.25) is 0 Å². The normalized spacial score (nSPS) is 12.8. The number of halogens is 4. The van der Waals surface area contributed by atoms with E-state index in [4.69, 9.17) is 21.1 Å². The molecule has 0 spiro atoms. The molecule has 0 radical (unpaired) electrons. The van der Waals surface area contributed by atoms with Crippen molar-refractivity contribution in [3.05, 3.63) is 87.9 Å². The molecule has 3 amide bonds. The number of alkyl halides is 3. The number of anilines is 2. The summed E-state index contributed by atoms with van der Waals surface area (Å²) < 4.78 is 49.0. The average molecular weight is 547 g/mol. The van der Waals surface area contributed by atoms with Crippen molar-refractivity contribution >= 4 is 46.7 Å². The van der Waals surface area contributed by atoms with Gasteiger partial charge in [0.25, 0.3) is 17.7 Å². The van der Waals surface area contributed by atoms with Gasteiger partial charge >= 0.3 is 12.1 Å². The Bertz CT molecular complexity index is 1440. The summed E-state index contributed by atoms with van der Waals surface area (Å²) >= 11 is 5.85. The first-order chi connectivity index (χ1) is 18.0. The SMILES string of the molecule is CCOc1ccc(N2C(=O)c3ccc(C(=O)OCC(=O)Nc4cc(C(F)(F)F)ccc4Cl)cc3C2=O)cc1. The standard InChI is InChI=1S/C26H18ClF3N2O6/c1-2-37-17-7-5-16(6-8-17)32-23(34)18-9-3-14(11-19(18)24(32)35)25(36)38-13-22(33)31-21-12-15(26(28,29)30)4-10-20(21)27/h3-12H,2,13H2,1H3,(H,31,33). The minimum Gasteiger partial charge on any atom is -0.494 e. The first-order valence-corrected chi connectivity index (χ1v) is 11.5. The Morgan fingerprint density at radius 1 is 0.947 bits per heavy atom. The number of nitrogens with one attached hydrogen (secondary N) is 1. The molecule has 0 atom stereocenters. The smallest absolute Gasteiger partial charge is 0.416 e. The molecular weight excluding hydrogens is 529 g/mol. The summed E-state index contributed by atoms with van der Waals surface area (Å²) in [7, 11) is 0. The van der Waals surface area contributed by atoms with Gasteiger partial charge in [-0.25, -0.2) is 9.69 Å². The molecule has 0 unspecified atom stereocenters. The van der Waals surface area contributed by atoms with E-state index in [1.54, 1.807) is 24.3 Å². The van der Waals surface area contributed by atoms with Gasteiger partial charge in [-0.2, -0.15) is 13.2 Å². The molecule has 8 nitrogen and oxygen atoms in total. The van der Waals surface area contributed by atoms with Crippen LogP contribution in [-0.4, -0.2) is 36.9 Å². The molecule has 1 N–H and O–H groups in total. The maximum atomic E-state index is 13.0. The zero-order valence-corrected chi connectivity index (χ0v) is 20.4. The zero-order valence-electron chi connectivity index (χ0n) is 19.6. The Hall–Kier alpha value is -4.38. The highest BCUT2D eigenvalue weighted by Crippen LogP contribution is 2.34. The maximum absolute atomic E-state index is 13.0. The van der Waals surface area contributed by atoms with Crippen molar-refractivity contribution in [2.75, 3.05) is 23.4 Å². The van der Waals surface area contributed by atoms with E-state index >= 15 is 0 Å². The summed E-state index contributed by atoms with van der Waals surface area (Å²) in [4.78, 5) is 51.4. The number of carbonyl (C=O) groups excluding carboxylic acids is 4. The molecule has 196 valence electrons. The van der Waals surface area contributed by atoms with Gasteiger partial charge in [-0.3, -0.25) is 14.4 Å². The van der Waals surface area contributed by atoms with Crippen LogP contribution in [0.3, 0.4) is 0 Å². The maximum Gasteiger partial charge on any atom is 0.416 e. The van der Waals surface area contributed by atoms with Crippen LogP contribution in [0.4, 0.5) is 24.5 Å². The third-order valence-corrected chi connectivity index (χ3v) is 5.76. The molecule has 0 aliphatic carbocycles. The minimum absolute atomic E-state index is 0.0291. The number of rotatable bonds is 7. The summed E-state index contributed by atoms with van der Waals surface area (Å²) in [6, 6.07) is 12.5. The highest BCUT2D eigenvalue weighted by atomic mass is 35.5. The number of ether oxygens (including phenoxy) is 2. The third-order valence-electron chi connectivity index (χ3n) is 5.43. The molecule has 0 bridgehead atoms. The van der Waals surface area contributed by atoms with Gasteiger partial charge in [-0.05, 0) is 67.6 Å². The second-order valence-corrected chi connectivity index (χ2v) is 8.36. The van der Waals surface area contributed by atoms with Gasteiger partial charge < -0.3 is 14.8 Å². The molecule has 1 aliphatic rings. The predicted octanol–water partition coefficient (Wildman–Crippen LogP) is 5.35. The monoisotopic (exact) mass is 546 g/mol. The number of fused-ring (bicyclic) bond motifs is 1. The summed E-state index contributed by atoms with van der Waals surface area (Å²) in [5.74, 6) is -2.59. The lowest BCUT2D eigenvalue weighted by atomic mass is 10.1. The van der Waals surface area contributed by atoms with E-state index in [1.807, 2.05) is 6.92 Å². The van der Waals surface area contributed by atoms with Crippen LogP contribution < -0.4 is 15.0 Å². The van der Waals surface area contributed by atoms with Crippen molar-refractivity contribution < 1.29 is 41.8 Å². The first-order valence-electron chi connectivity index (χ1n) is 11.1. The number of carbonyl (C=O) groups is 4. The van der Waals surface area contributed by atoms with Gasteiger partial charge in [0.05, 0.1) is 45.3 Å². The molecular formula is C26H18ClF3N2O6. The average Bonchev–Trinajstić information content (AvgIpc) is 3.13. The summed E-state index contributed by atoms with van der Waals surface area (Å²) in [6.07, 6.45) is -4.65. The molecule has 0 aromatic heterocycles. The fourth-order valence-corrected chi connectivity index (χ4v) is 3.82. The molecule has 1 heterocycles. The lowest BCUT2D eigenvalue weighted by Crippen LogP contribution is -2.29. The van der Waals surface area contributed by atoms with Crippen molar-refractivity contribution in [3.63, 3.8) is 0 Å². The lowest BCUT2D eigenvalue weighted by molar-refractivity contribution is -0.137. The molecule has 1 aliphatic heterocycles. The van der Waals surface area contributed by atoms with Crippen LogP contribution in [0.2, 0.25) is 5.02 Å². The molecule has 0 saturated carbocycles. The van der Waals surface area contributed by atoms with E-state index in [2.05, 4.69) is 5.32 Å². The quantitative estimate of drug-likeness (QED) is 0.316. The third kappa shape index (κ3) is 5.47.